The summed E-state index contributed by atoms with van der Waals surface area (Å²) < 4.78 is 26.9. The number of aromatic nitrogens is 3. The van der Waals surface area contributed by atoms with Crippen LogP contribution in [0.25, 0.3) is 0 Å². The van der Waals surface area contributed by atoms with E-state index in [-0.39, 0.29) is 5.82 Å². The molecule has 0 aliphatic carbocycles. The van der Waals surface area contributed by atoms with E-state index in [1.165, 1.54) is 24.9 Å². The average Bonchev–Trinajstić information content (AvgIpc) is 3.33. The maximum atomic E-state index is 14.1. The van der Waals surface area contributed by atoms with Gasteiger partial charge in [-0.2, -0.15) is 4.98 Å². The summed E-state index contributed by atoms with van der Waals surface area (Å²) in [5, 5.41) is 8.95. The number of rotatable bonds is 8. The van der Waals surface area contributed by atoms with E-state index in [1.807, 2.05) is 48.5 Å². The number of anilines is 1. The van der Waals surface area contributed by atoms with Gasteiger partial charge in [0.1, 0.15) is 24.2 Å². The number of hydrogen-bond donors (Lipinski definition) is 1. The Balaban J connectivity index is 1.44. The fourth-order valence-corrected chi connectivity index (χ4v) is 5.10. The first-order chi connectivity index (χ1) is 18.4. The monoisotopic (exact) mass is 550 g/mol. The molecule has 0 fully saturated rings. The summed E-state index contributed by atoms with van der Waals surface area (Å²) in [7, 11) is 1.35. The summed E-state index contributed by atoms with van der Waals surface area (Å²) in [6.07, 6.45) is 0. The Morgan fingerprint density at radius 3 is 2.68 bits per heavy atom. The summed E-state index contributed by atoms with van der Waals surface area (Å²) in [6, 6.07) is 20.9. The second kappa shape index (κ2) is 11.3. The quantitative estimate of drug-likeness (QED) is 0.201. The van der Waals surface area contributed by atoms with Crippen LogP contribution in [-0.4, -0.2) is 27.8 Å². The third kappa shape index (κ3) is 5.54. The molecule has 0 saturated carbocycles. The van der Waals surface area contributed by atoms with Gasteiger partial charge in [-0.05, 0) is 53.9 Å². The van der Waals surface area contributed by atoms with Crippen LogP contribution in [0.1, 0.15) is 29.7 Å². The van der Waals surface area contributed by atoms with E-state index in [1.54, 1.807) is 29.8 Å². The molecule has 38 heavy (non-hydrogen) atoms. The minimum atomic E-state index is -0.604. The number of fused-ring (bicyclic) bond motifs is 1. The normalized spacial score (nSPS) is 14.6. The van der Waals surface area contributed by atoms with Crippen molar-refractivity contribution in [2.75, 3.05) is 12.4 Å². The Morgan fingerprint density at radius 2 is 1.92 bits per heavy atom. The molecule has 4 aromatic rings. The van der Waals surface area contributed by atoms with Crippen molar-refractivity contribution in [3.8, 4) is 5.75 Å². The zero-order valence-corrected chi connectivity index (χ0v) is 22.2. The molecule has 1 unspecified atom stereocenters. The molecule has 0 saturated heterocycles. The number of thioether (sulfide) groups is 1. The Hall–Kier alpha value is -3.82. The van der Waals surface area contributed by atoms with Crippen LogP contribution in [0.15, 0.2) is 89.2 Å². The number of allylic oxidation sites excluding steroid dienone is 1. The molecule has 0 amide bonds. The highest BCUT2D eigenvalue weighted by atomic mass is 35.5. The minimum Gasteiger partial charge on any atom is -0.489 e. The number of nitrogens with zero attached hydrogens (tertiary/aromatic N) is 3. The highest BCUT2D eigenvalue weighted by molar-refractivity contribution is 7.98. The van der Waals surface area contributed by atoms with Crippen molar-refractivity contribution in [2.45, 2.75) is 30.5 Å². The number of carbonyl (C=O) groups excluding carboxylic acids is 1. The summed E-state index contributed by atoms with van der Waals surface area (Å²) in [4.78, 5) is 17.5. The molecular weight excluding hydrogens is 527 g/mol. The van der Waals surface area contributed by atoms with Crippen molar-refractivity contribution in [2.24, 2.45) is 0 Å². The molecule has 1 aromatic heterocycles. The molecule has 194 valence electrons. The molecule has 7 nitrogen and oxygen atoms in total. The molecule has 1 aliphatic rings. The van der Waals surface area contributed by atoms with Crippen LogP contribution >= 0.6 is 23.4 Å². The van der Waals surface area contributed by atoms with Crippen LogP contribution in [0.4, 0.5) is 10.3 Å². The van der Waals surface area contributed by atoms with Gasteiger partial charge in [0.15, 0.2) is 0 Å². The van der Waals surface area contributed by atoms with Crippen LogP contribution in [0, 0.1) is 5.82 Å². The lowest BCUT2D eigenvalue weighted by atomic mass is 9.95. The van der Waals surface area contributed by atoms with Crippen molar-refractivity contribution in [3.05, 3.63) is 112 Å². The van der Waals surface area contributed by atoms with Gasteiger partial charge >= 0.3 is 5.97 Å². The Morgan fingerprint density at radius 1 is 1.13 bits per heavy atom. The van der Waals surface area contributed by atoms with Crippen molar-refractivity contribution >= 4 is 35.3 Å². The van der Waals surface area contributed by atoms with Crippen molar-refractivity contribution in [3.63, 3.8) is 0 Å². The number of methoxy groups -OCH3 is 1. The molecule has 3 aromatic carbocycles. The van der Waals surface area contributed by atoms with Gasteiger partial charge in [0.25, 0.3) is 0 Å². The zero-order valence-electron chi connectivity index (χ0n) is 20.7. The zero-order chi connectivity index (χ0) is 26.6. The van der Waals surface area contributed by atoms with E-state index in [0.717, 1.165) is 11.1 Å². The number of nitrogens with one attached hydrogen (secondary N) is 1. The van der Waals surface area contributed by atoms with Gasteiger partial charge in [-0.1, -0.05) is 65.8 Å². The number of halogens is 2. The smallest absolute Gasteiger partial charge is 0.338 e. The average molecular weight is 551 g/mol. The third-order valence-electron chi connectivity index (χ3n) is 6.05. The molecule has 0 radical (unpaired) electrons. The summed E-state index contributed by atoms with van der Waals surface area (Å²) in [6.45, 7) is 2.15. The molecule has 0 bridgehead atoms. The second-order valence-electron chi connectivity index (χ2n) is 8.59. The molecule has 1 aliphatic heterocycles. The maximum Gasteiger partial charge on any atom is 0.338 e. The lowest BCUT2D eigenvalue weighted by Crippen LogP contribution is -2.29. The molecule has 0 spiro atoms. The van der Waals surface area contributed by atoms with Crippen LogP contribution in [-0.2, 0) is 21.9 Å². The molecule has 5 rings (SSSR count). The highest BCUT2D eigenvalue weighted by Gasteiger charge is 2.35. The van der Waals surface area contributed by atoms with E-state index >= 15 is 0 Å². The Bertz CT molecular complexity index is 1510. The predicted octanol–water partition coefficient (Wildman–Crippen LogP) is 6.40. The second-order valence-corrected chi connectivity index (χ2v) is 9.97. The number of esters is 1. The fourth-order valence-electron chi connectivity index (χ4n) is 4.15. The fraction of sp³-hybridized carbons (Fsp3) is 0.179. The number of carbonyl (C=O) groups is 1. The first-order valence-electron chi connectivity index (χ1n) is 11.8. The molecule has 1 atom stereocenters. The lowest BCUT2D eigenvalue weighted by Gasteiger charge is -2.28. The molecule has 1 N–H and O–H groups in total. The van der Waals surface area contributed by atoms with E-state index in [4.69, 9.17) is 21.1 Å². The van der Waals surface area contributed by atoms with Crippen LogP contribution in [0.3, 0.4) is 0 Å². The van der Waals surface area contributed by atoms with Gasteiger partial charge in [-0.25, -0.2) is 13.9 Å². The lowest BCUT2D eigenvalue weighted by molar-refractivity contribution is -0.136. The van der Waals surface area contributed by atoms with Gasteiger partial charge in [0, 0.05) is 16.5 Å². The van der Waals surface area contributed by atoms with E-state index < -0.39 is 12.0 Å². The summed E-state index contributed by atoms with van der Waals surface area (Å²) in [5.74, 6) is 0.720. The SMILES string of the molecule is COC(=O)C1=C(C)Nc2nc(SCc3ccccc3F)nn2C1c1cccc(OCc2ccc(Cl)cc2)c1. The number of ether oxygens (including phenoxy) is 2. The third-order valence-corrected chi connectivity index (χ3v) is 7.18. The minimum absolute atomic E-state index is 0.277. The molecular formula is C28H24ClFN4O3S. The van der Waals surface area contributed by atoms with E-state index in [0.29, 0.717) is 51.1 Å². The van der Waals surface area contributed by atoms with Gasteiger partial charge < -0.3 is 14.8 Å². The van der Waals surface area contributed by atoms with Gasteiger partial charge in [0.05, 0.1) is 12.7 Å². The van der Waals surface area contributed by atoms with Crippen LogP contribution in [0.5, 0.6) is 5.75 Å². The predicted molar refractivity (Wildman–Crippen MR) is 145 cm³/mol. The van der Waals surface area contributed by atoms with E-state index in [2.05, 4.69) is 15.4 Å². The maximum absolute atomic E-state index is 14.1. The Labute approximate surface area is 228 Å². The topological polar surface area (TPSA) is 78.3 Å². The Kier molecular flexibility index (Phi) is 7.67. The van der Waals surface area contributed by atoms with Crippen LogP contribution < -0.4 is 10.1 Å². The first-order valence-corrected chi connectivity index (χ1v) is 13.2. The van der Waals surface area contributed by atoms with Crippen molar-refractivity contribution < 1.29 is 18.7 Å². The first kappa shape index (κ1) is 25.8. The van der Waals surface area contributed by atoms with Gasteiger partial charge in [0.2, 0.25) is 11.1 Å². The number of benzene rings is 3. The largest absolute Gasteiger partial charge is 0.489 e. The number of hydrogen-bond acceptors (Lipinski definition) is 7. The summed E-state index contributed by atoms with van der Waals surface area (Å²) >= 11 is 7.29. The highest BCUT2D eigenvalue weighted by Crippen LogP contribution is 2.38. The standard InChI is InChI=1S/C28H24ClFN4O3S/c1-17-24(26(35)36-2)25(19-7-5-8-22(14-19)37-15-18-10-12-21(29)13-11-18)34-27(31-17)32-28(33-34)38-16-20-6-3-4-9-23(20)30/h3-14,25H,15-16H2,1-2H3,(H,31,32,33). The van der Waals surface area contributed by atoms with Crippen molar-refractivity contribution in [1.82, 2.24) is 14.8 Å². The van der Waals surface area contributed by atoms with Crippen molar-refractivity contribution in [1.29, 1.82) is 0 Å². The van der Waals surface area contributed by atoms with Crippen LogP contribution in [0.2, 0.25) is 5.02 Å². The molecule has 10 heteroatoms. The summed E-state index contributed by atoms with van der Waals surface area (Å²) in [5.41, 5.74) is 3.33. The van der Waals surface area contributed by atoms with Gasteiger partial charge in [-0.15, -0.1) is 5.10 Å². The van der Waals surface area contributed by atoms with Gasteiger partial charge in [-0.3, -0.25) is 0 Å². The molecule has 2 heterocycles. The van der Waals surface area contributed by atoms with E-state index in [9.17, 15) is 9.18 Å².